The lowest BCUT2D eigenvalue weighted by atomic mass is 10.1. The highest BCUT2D eigenvalue weighted by atomic mass is 16.6. The third-order valence-corrected chi connectivity index (χ3v) is 3.80. The van der Waals surface area contributed by atoms with Gasteiger partial charge in [-0.2, -0.15) is 5.10 Å². The minimum Gasteiger partial charge on any atom is -0.507 e. The van der Waals surface area contributed by atoms with E-state index in [1.54, 1.807) is 30.3 Å². The van der Waals surface area contributed by atoms with Crippen molar-refractivity contribution in [1.29, 1.82) is 0 Å². The summed E-state index contributed by atoms with van der Waals surface area (Å²) in [6, 6.07) is 13.6. The number of nitrogens with zero attached hydrogens (tertiary/aromatic N) is 2. The number of methoxy groups -OCH3 is 1. The number of aromatic hydroxyl groups is 1. The molecule has 0 aliphatic carbocycles. The number of carbonyl (C=O) groups is 1. The minimum atomic E-state index is -0.591. The van der Waals surface area contributed by atoms with Gasteiger partial charge in [0, 0.05) is 0 Å². The number of amides is 1. The Balaban J connectivity index is 1.76. The number of phenols is 1. The van der Waals surface area contributed by atoms with Gasteiger partial charge in [-0.1, -0.05) is 12.1 Å². The second-order valence-electron chi connectivity index (χ2n) is 5.56. The number of ether oxygens (including phenoxy) is 1. The standard InChI is InChI=1S/C19H15N3O6/c1-27-12-6-8-14(16(10-12)22(25)26)18-9-7-13(28-18)11-20-21-19(24)15-4-2-3-5-17(15)23/h2-11,23H,1H3,(H,21,24)/b20-11+. The van der Waals surface area contributed by atoms with Crippen LogP contribution < -0.4 is 10.2 Å². The molecule has 2 N–H and O–H groups in total. The summed E-state index contributed by atoms with van der Waals surface area (Å²) in [4.78, 5) is 22.7. The smallest absolute Gasteiger partial charge is 0.284 e. The maximum absolute atomic E-state index is 12.0. The van der Waals surface area contributed by atoms with Crippen molar-refractivity contribution in [2.24, 2.45) is 5.10 Å². The van der Waals surface area contributed by atoms with E-state index in [4.69, 9.17) is 9.15 Å². The first kappa shape index (κ1) is 18.6. The van der Waals surface area contributed by atoms with E-state index < -0.39 is 10.8 Å². The normalized spacial score (nSPS) is 10.8. The van der Waals surface area contributed by atoms with Crippen LogP contribution in [0.4, 0.5) is 5.69 Å². The largest absolute Gasteiger partial charge is 0.507 e. The van der Waals surface area contributed by atoms with Crippen molar-refractivity contribution < 1.29 is 24.0 Å². The molecule has 0 saturated carbocycles. The van der Waals surface area contributed by atoms with Crippen LogP contribution in [-0.4, -0.2) is 29.3 Å². The predicted octanol–water partition coefficient (Wildman–Crippen LogP) is 3.33. The number of hydrazone groups is 1. The fourth-order valence-corrected chi connectivity index (χ4v) is 2.45. The second kappa shape index (κ2) is 8.04. The number of nitro groups is 1. The lowest BCUT2D eigenvalue weighted by molar-refractivity contribution is -0.384. The maximum Gasteiger partial charge on any atom is 0.284 e. The molecule has 0 bridgehead atoms. The number of para-hydroxylation sites is 1. The minimum absolute atomic E-state index is 0.0774. The molecule has 3 aromatic rings. The van der Waals surface area contributed by atoms with Gasteiger partial charge in [-0.15, -0.1) is 0 Å². The SMILES string of the molecule is COc1ccc(-c2ccc(/C=N/NC(=O)c3ccccc3O)o2)c([N+](=O)[O-])c1. The molecular weight excluding hydrogens is 366 g/mol. The Hall–Kier alpha value is -4.14. The highest BCUT2D eigenvalue weighted by Crippen LogP contribution is 2.33. The molecule has 28 heavy (non-hydrogen) atoms. The van der Waals surface area contributed by atoms with Crippen LogP contribution in [0.2, 0.25) is 0 Å². The molecule has 0 spiro atoms. The van der Waals surface area contributed by atoms with Crippen molar-refractivity contribution in [3.05, 3.63) is 76.0 Å². The fraction of sp³-hybridized carbons (Fsp3) is 0.0526. The molecule has 0 aliphatic rings. The highest BCUT2D eigenvalue weighted by molar-refractivity contribution is 5.97. The van der Waals surface area contributed by atoms with E-state index in [1.807, 2.05) is 0 Å². The van der Waals surface area contributed by atoms with Gasteiger partial charge in [-0.05, 0) is 36.4 Å². The summed E-state index contributed by atoms with van der Waals surface area (Å²) in [6.45, 7) is 0. The maximum atomic E-state index is 12.0. The number of furan rings is 1. The van der Waals surface area contributed by atoms with E-state index in [2.05, 4.69) is 10.5 Å². The Morgan fingerprint density at radius 2 is 2.04 bits per heavy atom. The molecule has 0 aliphatic heterocycles. The molecule has 0 fully saturated rings. The van der Waals surface area contributed by atoms with Crippen LogP contribution in [0.15, 0.2) is 64.1 Å². The summed E-state index contributed by atoms with van der Waals surface area (Å²) in [5.41, 5.74) is 2.46. The van der Waals surface area contributed by atoms with Crippen LogP contribution in [0, 0.1) is 10.1 Å². The molecule has 0 unspecified atom stereocenters. The third kappa shape index (κ3) is 3.98. The molecule has 9 nitrogen and oxygen atoms in total. The van der Waals surface area contributed by atoms with Gasteiger partial charge in [0.25, 0.3) is 11.6 Å². The Morgan fingerprint density at radius 1 is 1.25 bits per heavy atom. The van der Waals surface area contributed by atoms with Crippen LogP contribution in [0.1, 0.15) is 16.1 Å². The van der Waals surface area contributed by atoms with Crippen molar-refractivity contribution >= 4 is 17.8 Å². The van der Waals surface area contributed by atoms with Gasteiger partial charge in [0.15, 0.2) is 0 Å². The van der Waals surface area contributed by atoms with Gasteiger partial charge in [0.1, 0.15) is 23.0 Å². The van der Waals surface area contributed by atoms with Crippen molar-refractivity contribution in [2.45, 2.75) is 0 Å². The highest BCUT2D eigenvalue weighted by Gasteiger charge is 2.19. The summed E-state index contributed by atoms with van der Waals surface area (Å²) in [6.07, 6.45) is 1.25. The van der Waals surface area contributed by atoms with Crippen LogP contribution in [0.5, 0.6) is 11.5 Å². The zero-order valence-electron chi connectivity index (χ0n) is 14.7. The van der Waals surface area contributed by atoms with Gasteiger partial charge < -0.3 is 14.3 Å². The number of nitrogens with one attached hydrogen (secondary N) is 1. The van der Waals surface area contributed by atoms with Crippen LogP contribution in [-0.2, 0) is 0 Å². The summed E-state index contributed by atoms with van der Waals surface area (Å²) in [5.74, 6) is 0.144. The van der Waals surface area contributed by atoms with E-state index in [-0.39, 0.29) is 34.1 Å². The molecular formula is C19H15N3O6. The van der Waals surface area contributed by atoms with Gasteiger partial charge >= 0.3 is 0 Å². The lowest BCUT2D eigenvalue weighted by Gasteiger charge is -2.03. The quantitative estimate of drug-likeness (QED) is 0.383. The number of hydrogen-bond donors (Lipinski definition) is 2. The Labute approximate surface area is 159 Å². The number of phenolic OH excluding ortho intramolecular Hbond substituents is 1. The molecule has 3 rings (SSSR count). The van der Waals surface area contributed by atoms with Gasteiger partial charge in [-0.25, -0.2) is 5.43 Å². The topological polar surface area (TPSA) is 127 Å². The van der Waals surface area contributed by atoms with E-state index in [1.165, 1.54) is 37.6 Å². The summed E-state index contributed by atoms with van der Waals surface area (Å²) < 4.78 is 10.6. The first-order valence-corrected chi connectivity index (χ1v) is 8.03. The Kier molecular flexibility index (Phi) is 5.35. The average molecular weight is 381 g/mol. The zero-order chi connectivity index (χ0) is 20.1. The van der Waals surface area contributed by atoms with Gasteiger partial charge in [0.05, 0.1) is 35.4 Å². The third-order valence-electron chi connectivity index (χ3n) is 3.80. The number of hydrogen-bond acceptors (Lipinski definition) is 7. The molecule has 1 heterocycles. The number of rotatable bonds is 6. The summed E-state index contributed by atoms with van der Waals surface area (Å²) in [5, 5.41) is 24.7. The summed E-state index contributed by atoms with van der Waals surface area (Å²) >= 11 is 0. The zero-order valence-corrected chi connectivity index (χ0v) is 14.7. The molecule has 0 saturated heterocycles. The fourth-order valence-electron chi connectivity index (χ4n) is 2.45. The van der Waals surface area contributed by atoms with E-state index in [9.17, 15) is 20.0 Å². The Morgan fingerprint density at radius 3 is 2.75 bits per heavy atom. The molecule has 9 heteroatoms. The van der Waals surface area contributed by atoms with E-state index in [0.717, 1.165) is 0 Å². The molecule has 0 atom stereocenters. The van der Waals surface area contributed by atoms with E-state index in [0.29, 0.717) is 5.75 Å². The second-order valence-corrected chi connectivity index (χ2v) is 5.56. The number of nitro benzene ring substituents is 1. The molecule has 142 valence electrons. The summed E-state index contributed by atoms with van der Waals surface area (Å²) in [7, 11) is 1.42. The molecule has 2 aromatic carbocycles. The van der Waals surface area contributed by atoms with Gasteiger partial charge in [-0.3, -0.25) is 14.9 Å². The van der Waals surface area contributed by atoms with E-state index >= 15 is 0 Å². The van der Waals surface area contributed by atoms with Crippen molar-refractivity contribution in [3.8, 4) is 22.8 Å². The predicted molar refractivity (Wildman–Crippen MR) is 101 cm³/mol. The molecule has 0 radical (unpaired) electrons. The molecule has 1 aromatic heterocycles. The molecule has 1 amide bonds. The van der Waals surface area contributed by atoms with Crippen molar-refractivity contribution in [2.75, 3.05) is 7.11 Å². The lowest BCUT2D eigenvalue weighted by Crippen LogP contribution is -2.17. The Bertz CT molecular complexity index is 1060. The van der Waals surface area contributed by atoms with Crippen molar-refractivity contribution in [1.82, 2.24) is 5.43 Å². The monoisotopic (exact) mass is 381 g/mol. The van der Waals surface area contributed by atoms with Gasteiger partial charge in [0.2, 0.25) is 0 Å². The number of benzene rings is 2. The van der Waals surface area contributed by atoms with Crippen LogP contribution >= 0.6 is 0 Å². The van der Waals surface area contributed by atoms with Crippen LogP contribution in [0.3, 0.4) is 0 Å². The number of carbonyl (C=O) groups excluding carboxylic acids is 1. The van der Waals surface area contributed by atoms with Crippen molar-refractivity contribution in [3.63, 3.8) is 0 Å². The average Bonchev–Trinajstić information content (AvgIpc) is 3.16. The van der Waals surface area contributed by atoms with Crippen LogP contribution in [0.25, 0.3) is 11.3 Å². The first-order chi connectivity index (χ1) is 13.5. The first-order valence-electron chi connectivity index (χ1n) is 8.03.